The first kappa shape index (κ1) is 7.56. The van der Waals surface area contributed by atoms with Crippen molar-refractivity contribution in [2.24, 2.45) is 5.41 Å². The van der Waals surface area contributed by atoms with Crippen LogP contribution in [0.25, 0.3) is 0 Å². The SMILES string of the molecule is N#CC1(C#N)CCOC(=O)C1. The van der Waals surface area contributed by atoms with Gasteiger partial charge in [0, 0.05) is 6.42 Å². The molecule has 1 heterocycles. The van der Waals surface area contributed by atoms with Gasteiger partial charge in [-0.1, -0.05) is 0 Å². The summed E-state index contributed by atoms with van der Waals surface area (Å²) in [5, 5.41) is 17.2. The van der Waals surface area contributed by atoms with Crippen LogP contribution in [0.15, 0.2) is 0 Å². The fourth-order valence-corrected chi connectivity index (χ4v) is 0.941. The molecule has 0 amide bonds. The molecule has 4 nitrogen and oxygen atoms in total. The first-order valence-corrected chi connectivity index (χ1v) is 3.20. The molecule has 0 saturated carbocycles. The Labute approximate surface area is 64.0 Å². The molecule has 0 aromatic heterocycles. The summed E-state index contributed by atoms with van der Waals surface area (Å²) in [7, 11) is 0. The van der Waals surface area contributed by atoms with E-state index in [1.807, 2.05) is 12.1 Å². The van der Waals surface area contributed by atoms with Crippen LogP contribution in [0, 0.1) is 28.1 Å². The highest BCUT2D eigenvalue weighted by atomic mass is 16.5. The van der Waals surface area contributed by atoms with E-state index >= 15 is 0 Å². The molecule has 1 aliphatic heterocycles. The van der Waals surface area contributed by atoms with Crippen LogP contribution < -0.4 is 0 Å². The molecule has 0 N–H and O–H groups in total. The number of esters is 1. The molecule has 1 rings (SSSR count). The van der Waals surface area contributed by atoms with Crippen molar-refractivity contribution in [1.82, 2.24) is 0 Å². The maximum absolute atomic E-state index is 10.7. The molecular weight excluding hydrogens is 144 g/mol. The lowest BCUT2D eigenvalue weighted by atomic mass is 9.83. The van der Waals surface area contributed by atoms with Crippen molar-refractivity contribution in [3.63, 3.8) is 0 Å². The van der Waals surface area contributed by atoms with E-state index < -0.39 is 11.4 Å². The Hall–Kier alpha value is -1.55. The number of hydrogen-bond donors (Lipinski definition) is 0. The number of rotatable bonds is 0. The topological polar surface area (TPSA) is 73.9 Å². The molecule has 1 saturated heterocycles. The number of cyclic esters (lactones) is 1. The third-order valence-electron chi connectivity index (χ3n) is 1.67. The second-order valence-electron chi connectivity index (χ2n) is 2.45. The van der Waals surface area contributed by atoms with Gasteiger partial charge >= 0.3 is 5.97 Å². The molecule has 0 spiro atoms. The van der Waals surface area contributed by atoms with Gasteiger partial charge in [-0.3, -0.25) is 4.79 Å². The van der Waals surface area contributed by atoms with Crippen LogP contribution in [0.2, 0.25) is 0 Å². The van der Waals surface area contributed by atoms with Gasteiger partial charge in [0.05, 0.1) is 25.2 Å². The Balaban J connectivity index is 2.80. The van der Waals surface area contributed by atoms with Crippen molar-refractivity contribution in [2.45, 2.75) is 12.8 Å². The Morgan fingerprint density at radius 2 is 2.09 bits per heavy atom. The van der Waals surface area contributed by atoms with Crippen molar-refractivity contribution >= 4 is 5.97 Å². The summed E-state index contributed by atoms with van der Waals surface area (Å²) < 4.78 is 4.60. The standard InChI is InChI=1S/C7H6N2O2/c8-4-7(5-9)1-2-11-6(10)3-7/h1-3H2. The van der Waals surface area contributed by atoms with Gasteiger partial charge in [-0.05, 0) is 0 Å². The molecule has 56 valence electrons. The normalized spacial score (nSPS) is 21.1. The molecule has 0 bridgehead atoms. The third-order valence-corrected chi connectivity index (χ3v) is 1.67. The molecule has 0 aromatic carbocycles. The molecular formula is C7H6N2O2. The average Bonchev–Trinajstić information content (AvgIpc) is 2.04. The fraction of sp³-hybridized carbons (Fsp3) is 0.571. The van der Waals surface area contributed by atoms with E-state index in [0.717, 1.165) is 0 Å². The highest BCUT2D eigenvalue weighted by molar-refractivity contribution is 5.72. The quantitative estimate of drug-likeness (QED) is 0.467. The van der Waals surface area contributed by atoms with E-state index in [9.17, 15) is 4.79 Å². The van der Waals surface area contributed by atoms with Gasteiger partial charge in [0.2, 0.25) is 0 Å². The van der Waals surface area contributed by atoms with Crippen molar-refractivity contribution < 1.29 is 9.53 Å². The Kier molecular flexibility index (Phi) is 1.78. The highest BCUT2D eigenvalue weighted by Crippen LogP contribution is 2.28. The minimum absolute atomic E-state index is 0.0972. The summed E-state index contributed by atoms with van der Waals surface area (Å²) in [6.45, 7) is 0.181. The Morgan fingerprint density at radius 3 is 2.45 bits per heavy atom. The van der Waals surface area contributed by atoms with Crippen molar-refractivity contribution in [3.8, 4) is 12.1 Å². The highest BCUT2D eigenvalue weighted by Gasteiger charge is 2.37. The molecule has 0 aromatic rings. The number of carbonyl (C=O) groups is 1. The Bertz CT molecular complexity index is 245. The summed E-state index contributed by atoms with van der Waals surface area (Å²) in [5.41, 5.74) is -1.13. The minimum Gasteiger partial charge on any atom is -0.466 e. The first-order chi connectivity index (χ1) is 5.22. The van der Waals surface area contributed by atoms with Crippen LogP contribution in [0.5, 0.6) is 0 Å². The van der Waals surface area contributed by atoms with Crippen LogP contribution >= 0.6 is 0 Å². The second kappa shape index (κ2) is 2.59. The summed E-state index contributed by atoms with van der Waals surface area (Å²) in [5.74, 6) is -0.459. The molecule has 1 fully saturated rings. The van der Waals surface area contributed by atoms with E-state index in [4.69, 9.17) is 10.5 Å². The van der Waals surface area contributed by atoms with Crippen molar-refractivity contribution in [1.29, 1.82) is 10.5 Å². The maximum Gasteiger partial charge on any atom is 0.308 e. The first-order valence-electron chi connectivity index (χ1n) is 3.20. The summed E-state index contributed by atoms with van der Waals surface area (Å²) in [4.78, 5) is 10.7. The van der Waals surface area contributed by atoms with E-state index in [-0.39, 0.29) is 13.0 Å². The Morgan fingerprint density at radius 1 is 1.45 bits per heavy atom. The van der Waals surface area contributed by atoms with Crippen LogP contribution in [-0.2, 0) is 9.53 Å². The third kappa shape index (κ3) is 1.30. The summed E-state index contributed by atoms with van der Waals surface area (Å²) in [6, 6.07) is 3.67. The zero-order chi connectivity index (χ0) is 8.32. The monoisotopic (exact) mass is 150 g/mol. The van der Waals surface area contributed by atoms with Gasteiger partial charge in [0.25, 0.3) is 0 Å². The zero-order valence-corrected chi connectivity index (χ0v) is 5.83. The predicted molar refractivity (Wildman–Crippen MR) is 33.9 cm³/mol. The minimum atomic E-state index is -1.13. The summed E-state index contributed by atoms with van der Waals surface area (Å²) in [6.07, 6.45) is 0.228. The number of nitrogens with zero attached hydrogens (tertiary/aromatic N) is 2. The van der Waals surface area contributed by atoms with Crippen LogP contribution in [0.1, 0.15) is 12.8 Å². The van der Waals surface area contributed by atoms with Crippen LogP contribution in [0.4, 0.5) is 0 Å². The predicted octanol–water partition coefficient (Wildman–Crippen LogP) is 0.357. The molecule has 4 heteroatoms. The fourth-order valence-electron chi connectivity index (χ4n) is 0.941. The molecule has 0 unspecified atom stereocenters. The van der Waals surface area contributed by atoms with Crippen molar-refractivity contribution in [2.75, 3.05) is 6.61 Å². The average molecular weight is 150 g/mol. The molecule has 1 aliphatic rings. The zero-order valence-electron chi connectivity index (χ0n) is 5.83. The summed E-state index contributed by atoms with van der Waals surface area (Å²) >= 11 is 0. The number of carbonyl (C=O) groups excluding carboxylic acids is 1. The van der Waals surface area contributed by atoms with Gasteiger partial charge in [0.15, 0.2) is 5.41 Å². The molecule has 0 atom stereocenters. The number of nitriles is 2. The van der Waals surface area contributed by atoms with E-state index in [0.29, 0.717) is 6.42 Å². The molecule has 11 heavy (non-hydrogen) atoms. The van der Waals surface area contributed by atoms with Crippen LogP contribution in [0.3, 0.4) is 0 Å². The lowest BCUT2D eigenvalue weighted by molar-refractivity contribution is -0.149. The van der Waals surface area contributed by atoms with E-state index in [1.54, 1.807) is 0 Å². The number of hydrogen-bond acceptors (Lipinski definition) is 4. The molecule has 0 radical (unpaired) electrons. The van der Waals surface area contributed by atoms with Gasteiger partial charge < -0.3 is 4.74 Å². The number of ether oxygens (including phenoxy) is 1. The van der Waals surface area contributed by atoms with Gasteiger partial charge in [-0.15, -0.1) is 0 Å². The van der Waals surface area contributed by atoms with Crippen molar-refractivity contribution in [3.05, 3.63) is 0 Å². The maximum atomic E-state index is 10.7. The van der Waals surface area contributed by atoms with E-state index in [1.165, 1.54) is 0 Å². The van der Waals surface area contributed by atoms with Gasteiger partial charge in [-0.25, -0.2) is 0 Å². The largest absolute Gasteiger partial charge is 0.466 e. The van der Waals surface area contributed by atoms with Gasteiger partial charge in [-0.2, -0.15) is 10.5 Å². The van der Waals surface area contributed by atoms with Crippen LogP contribution in [-0.4, -0.2) is 12.6 Å². The lowest BCUT2D eigenvalue weighted by Gasteiger charge is -2.22. The lowest BCUT2D eigenvalue weighted by Crippen LogP contribution is -2.29. The van der Waals surface area contributed by atoms with Gasteiger partial charge in [0.1, 0.15) is 0 Å². The van der Waals surface area contributed by atoms with E-state index in [2.05, 4.69) is 4.74 Å². The second-order valence-corrected chi connectivity index (χ2v) is 2.45. The smallest absolute Gasteiger partial charge is 0.308 e. The molecule has 0 aliphatic carbocycles.